The van der Waals surface area contributed by atoms with Crippen LogP contribution in [-0.2, 0) is 11.3 Å². The lowest BCUT2D eigenvalue weighted by atomic mass is 10.1. The first-order valence-electron chi connectivity index (χ1n) is 5.63. The number of halogens is 3. The summed E-state index contributed by atoms with van der Waals surface area (Å²) in [5.41, 5.74) is 3.54. The van der Waals surface area contributed by atoms with Gasteiger partial charge in [0.05, 0.1) is 22.4 Å². The van der Waals surface area contributed by atoms with Crippen LogP contribution in [0.2, 0.25) is 0 Å². The van der Waals surface area contributed by atoms with Crippen LogP contribution >= 0.6 is 15.9 Å². The van der Waals surface area contributed by atoms with Gasteiger partial charge in [-0.05, 0) is 29.3 Å². The maximum absolute atomic E-state index is 11.9. The summed E-state index contributed by atoms with van der Waals surface area (Å²) in [7, 11) is 0. The van der Waals surface area contributed by atoms with Crippen molar-refractivity contribution >= 4 is 15.9 Å². The third-order valence-electron chi connectivity index (χ3n) is 2.46. The van der Waals surface area contributed by atoms with Crippen LogP contribution in [0.1, 0.15) is 25.1 Å². The molecule has 8 heteroatoms. The Labute approximate surface area is 113 Å². The third kappa shape index (κ3) is 4.27. The van der Waals surface area contributed by atoms with E-state index in [1.54, 1.807) is 10.9 Å². The van der Waals surface area contributed by atoms with Gasteiger partial charge in [0.15, 0.2) is 0 Å². The van der Waals surface area contributed by atoms with E-state index in [0.29, 0.717) is 13.0 Å². The van der Waals surface area contributed by atoms with Gasteiger partial charge in [-0.1, -0.05) is 0 Å². The molecule has 0 aliphatic carbocycles. The van der Waals surface area contributed by atoms with Crippen molar-refractivity contribution in [1.29, 1.82) is 0 Å². The van der Waals surface area contributed by atoms with Gasteiger partial charge in [0.25, 0.3) is 6.43 Å². The van der Waals surface area contributed by atoms with Crippen LogP contribution in [0.4, 0.5) is 8.78 Å². The predicted octanol–water partition coefficient (Wildman–Crippen LogP) is 1.84. The zero-order valence-electron chi connectivity index (χ0n) is 10.1. The molecule has 0 spiro atoms. The van der Waals surface area contributed by atoms with Crippen LogP contribution in [0.15, 0.2) is 10.7 Å². The Bertz CT molecular complexity index is 362. The third-order valence-corrected chi connectivity index (χ3v) is 3.07. The Morgan fingerprint density at radius 3 is 2.89 bits per heavy atom. The summed E-state index contributed by atoms with van der Waals surface area (Å²) < 4.78 is 31.3. The predicted molar refractivity (Wildman–Crippen MR) is 67.1 cm³/mol. The van der Waals surface area contributed by atoms with Crippen molar-refractivity contribution in [2.24, 2.45) is 5.84 Å². The highest BCUT2D eigenvalue weighted by atomic mass is 79.9. The van der Waals surface area contributed by atoms with E-state index in [2.05, 4.69) is 26.5 Å². The Balaban J connectivity index is 2.57. The van der Waals surface area contributed by atoms with Gasteiger partial charge in [0.2, 0.25) is 0 Å². The monoisotopic (exact) mass is 326 g/mol. The van der Waals surface area contributed by atoms with Crippen molar-refractivity contribution in [3.05, 3.63) is 16.4 Å². The Kier molecular flexibility index (Phi) is 6.69. The van der Waals surface area contributed by atoms with Gasteiger partial charge in [-0.3, -0.25) is 16.0 Å². The first-order valence-corrected chi connectivity index (χ1v) is 6.42. The second-order valence-corrected chi connectivity index (χ2v) is 4.52. The number of aryl methyl sites for hydroxylation is 1. The van der Waals surface area contributed by atoms with Gasteiger partial charge < -0.3 is 4.74 Å². The van der Waals surface area contributed by atoms with E-state index in [9.17, 15) is 8.78 Å². The van der Waals surface area contributed by atoms with E-state index < -0.39 is 13.0 Å². The van der Waals surface area contributed by atoms with E-state index >= 15 is 0 Å². The number of nitrogens with zero attached hydrogens (tertiary/aromatic N) is 2. The minimum Gasteiger partial charge on any atom is -0.375 e. The molecule has 1 aromatic rings. The molecular formula is C10H17BrF2N4O. The van der Waals surface area contributed by atoms with Gasteiger partial charge in [-0.15, -0.1) is 0 Å². The number of alkyl halides is 2. The quantitative estimate of drug-likeness (QED) is 0.434. The van der Waals surface area contributed by atoms with E-state index in [-0.39, 0.29) is 12.6 Å². The summed E-state index contributed by atoms with van der Waals surface area (Å²) in [6.45, 7) is 2.33. The molecule has 0 amide bonds. The molecule has 0 fully saturated rings. The molecule has 18 heavy (non-hydrogen) atoms. The van der Waals surface area contributed by atoms with Crippen LogP contribution in [0.5, 0.6) is 0 Å². The van der Waals surface area contributed by atoms with Crippen molar-refractivity contribution in [3.8, 4) is 0 Å². The van der Waals surface area contributed by atoms with E-state index in [4.69, 9.17) is 10.6 Å². The minimum absolute atomic E-state index is 0.195. The standard InChI is InChI=1S/C10H17BrF2N4O/c1-2-17-10(7(11)5-15-17)8(16-14)3-4-18-6-9(12)13/h5,8-9,16H,2-4,6,14H2,1H3. The van der Waals surface area contributed by atoms with Crippen molar-refractivity contribution < 1.29 is 13.5 Å². The molecule has 0 aromatic carbocycles. The van der Waals surface area contributed by atoms with Gasteiger partial charge in [0.1, 0.15) is 6.61 Å². The lowest BCUT2D eigenvalue weighted by Gasteiger charge is -2.18. The van der Waals surface area contributed by atoms with Crippen molar-refractivity contribution in [3.63, 3.8) is 0 Å². The molecule has 5 nitrogen and oxygen atoms in total. The molecule has 0 saturated carbocycles. The molecule has 1 heterocycles. The van der Waals surface area contributed by atoms with Crippen LogP contribution < -0.4 is 11.3 Å². The molecule has 104 valence electrons. The van der Waals surface area contributed by atoms with Gasteiger partial charge in [-0.25, -0.2) is 8.78 Å². The molecule has 0 bridgehead atoms. The number of hydrazine groups is 1. The number of hydrogen-bond donors (Lipinski definition) is 2. The fourth-order valence-electron chi connectivity index (χ4n) is 1.64. The highest BCUT2D eigenvalue weighted by Gasteiger charge is 2.18. The zero-order valence-corrected chi connectivity index (χ0v) is 11.7. The average Bonchev–Trinajstić information content (AvgIpc) is 2.71. The molecule has 0 saturated heterocycles. The first-order chi connectivity index (χ1) is 8.60. The fourth-order valence-corrected chi connectivity index (χ4v) is 2.22. The van der Waals surface area contributed by atoms with Crippen LogP contribution in [0.3, 0.4) is 0 Å². The summed E-state index contributed by atoms with van der Waals surface area (Å²) in [4.78, 5) is 0. The molecule has 0 aliphatic heterocycles. The molecule has 1 rings (SSSR count). The number of rotatable bonds is 8. The highest BCUT2D eigenvalue weighted by Crippen LogP contribution is 2.25. The maximum atomic E-state index is 11.9. The van der Waals surface area contributed by atoms with Crippen LogP contribution in [0.25, 0.3) is 0 Å². The summed E-state index contributed by atoms with van der Waals surface area (Å²) in [5.74, 6) is 5.48. The second-order valence-electron chi connectivity index (χ2n) is 3.67. The zero-order chi connectivity index (χ0) is 13.5. The minimum atomic E-state index is -2.44. The largest absolute Gasteiger partial charge is 0.375 e. The van der Waals surface area contributed by atoms with Crippen LogP contribution in [-0.4, -0.2) is 29.4 Å². The molecule has 1 unspecified atom stereocenters. The number of nitrogens with two attached hydrogens (primary N) is 1. The van der Waals surface area contributed by atoms with Crippen molar-refractivity contribution in [2.45, 2.75) is 32.4 Å². The summed E-state index contributed by atoms with van der Waals surface area (Å²) in [5, 5.41) is 4.17. The fraction of sp³-hybridized carbons (Fsp3) is 0.700. The number of hydrogen-bond acceptors (Lipinski definition) is 4. The lowest BCUT2D eigenvalue weighted by Crippen LogP contribution is -2.31. The number of ether oxygens (including phenoxy) is 1. The topological polar surface area (TPSA) is 65.1 Å². The van der Waals surface area contributed by atoms with Crippen molar-refractivity contribution in [1.82, 2.24) is 15.2 Å². The van der Waals surface area contributed by atoms with Gasteiger partial charge >= 0.3 is 0 Å². The molecule has 3 N–H and O–H groups in total. The van der Waals surface area contributed by atoms with Crippen LogP contribution in [0, 0.1) is 0 Å². The smallest absolute Gasteiger partial charge is 0.261 e. The molecule has 1 atom stereocenters. The first kappa shape index (κ1) is 15.5. The van der Waals surface area contributed by atoms with Gasteiger partial charge in [-0.2, -0.15) is 5.10 Å². The van der Waals surface area contributed by atoms with E-state index in [1.165, 1.54) is 0 Å². The Hall–Kier alpha value is -0.570. The molecule has 1 aromatic heterocycles. The highest BCUT2D eigenvalue weighted by molar-refractivity contribution is 9.10. The maximum Gasteiger partial charge on any atom is 0.261 e. The molecular weight excluding hydrogens is 310 g/mol. The summed E-state index contributed by atoms with van der Waals surface area (Å²) in [6.07, 6.45) is -0.265. The Morgan fingerprint density at radius 2 is 2.33 bits per heavy atom. The average molecular weight is 327 g/mol. The van der Waals surface area contributed by atoms with E-state index in [0.717, 1.165) is 10.2 Å². The van der Waals surface area contributed by atoms with E-state index in [1.807, 2.05) is 6.92 Å². The molecule has 0 aliphatic rings. The number of nitrogens with one attached hydrogen (secondary N) is 1. The van der Waals surface area contributed by atoms with Gasteiger partial charge in [0, 0.05) is 13.2 Å². The normalized spacial score (nSPS) is 13.2. The summed E-state index contributed by atoms with van der Waals surface area (Å²) in [6, 6.07) is -0.195. The van der Waals surface area contributed by atoms with Crippen molar-refractivity contribution in [2.75, 3.05) is 13.2 Å². The summed E-state index contributed by atoms with van der Waals surface area (Å²) >= 11 is 3.39. The molecule has 0 radical (unpaired) electrons. The Morgan fingerprint density at radius 1 is 1.61 bits per heavy atom. The second kappa shape index (κ2) is 7.78. The number of aromatic nitrogens is 2. The lowest BCUT2D eigenvalue weighted by molar-refractivity contribution is 0.0141. The SMILES string of the molecule is CCn1ncc(Br)c1C(CCOCC(F)F)NN.